The molecule has 0 amide bonds. The lowest BCUT2D eigenvalue weighted by molar-refractivity contribution is 0.0186. The molecule has 0 radical (unpaired) electrons. The molecule has 2 unspecified atom stereocenters. The van der Waals surface area contributed by atoms with E-state index in [2.05, 4.69) is 46.9 Å². The Bertz CT molecular complexity index is 688. The van der Waals surface area contributed by atoms with Crippen molar-refractivity contribution in [2.24, 2.45) is 4.99 Å². The normalized spacial score (nSPS) is 17.4. The molecule has 2 aromatic rings. The number of nitrogens with one attached hydrogen (secondary N) is 2. The molecule has 1 fully saturated rings. The van der Waals surface area contributed by atoms with Crippen molar-refractivity contribution < 1.29 is 9.15 Å². The van der Waals surface area contributed by atoms with Crippen LogP contribution in [0.15, 0.2) is 45.3 Å². The van der Waals surface area contributed by atoms with Gasteiger partial charge in [0.1, 0.15) is 5.76 Å². The van der Waals surface area contributed by atoms with Gasteiger partial charge in [-0.3, -0.25) is 9.89 Å². The Morgan fingerprint density at radius 3 is 2.76 bits per heavy atom. The van der Waals surface area contributed by atoms with Crippen LogP contribution in [0, 0.1) is 0 Å². The molecule has 29 heavy (non-hydrogen) atoms. The van der Waals surface area contributed by atoms with Crippen molar-refractivity contribution in [3.8, 4) is 0 Å². The highest BCUT2D eigenvalue weighted by Gasteiger charge is 2.23. The van der Waals surface area contributed by atoms with Gasteiger partial charge in [0.2, 0.25) is 0 Å². The standard InChI is InChI=1S/C21H32N4O2S.HI/c1-3-17(2)24-21(22-9-8-18-6-4-12-27-18)23-16-19(20-7-5-15-28-20)25-10-13-26-14-11-25;/h4-7,12,15,17,19H,3,8-11,13-14,16H2,1-2H3,(H2,22,23,24);1H. The van der Waals surface area contributed by atoms with Crippen LogP contribution in [-0.4, -0.2) is 56.3 Å². The van der Waals surface area contributed by atoms with E-state index in [0.717, 1.165) is 64.0 Å². The minimum absolute atomic E-state index is 0. The second-order valence-electron chi connectivity index (χ2n) is 7.08. The summed E-state index contributed by atoms with van der Waals surface area (Å²) in [4.78, 5) is 8.80. The SMILES string of the molecule is CCC(C)NC(=NCC(c1cccs1)N1CCOCC1)NCCc1ccco1.I. The quantitative estimate of drug-likeness (QED) is 0.292. The second-order valence-corrected chi connectivity index (χ2v) is 8.06. The van der Waals surface area contributed by atoms with Crippen molar-refractivity contribution >= 4 is 41.3 Å². The second kappa shape index (κ2) is 13.3. The summed E-state index contributed by atoms with van der Waals surface area (Å²) in [5.41, 5.74) is 0. The zero-order chi connectivity index (χ0) is 19.6. The number of furan rings is 1. The fraction of sp³-hybridized carbons (Fsp3) is 0.571. The number of nitrogens with zero attached hydrogens (tertiary/aromatic N) is 2. The van der Waals surface area contributed by atoms with Gasteiger partial charge in [0, 0.05) is 37.0 Å². The van der Waals surface area contributed by atoms with Crippen molar-refractivity contribution in [2.45, 2.75) is 38.8 Å². The van der Waals surface area contributed by atoms with Crippen molar-refractivity contribution in [3.05, 3.63) is 46.5 Å². The summed E-state index contributed by atoms with van der Waals surface area (Å²) in [6.45, 7) is 9.39. The van der Waals surface area contributed by atoms with Crippen LogP contribution < -0.4 is 10.6 Å². The van der Waals surface area contributed by atoms with Crippen LogP contribution >= 0.6 is 35.3 Å². The first-order valence-corrected chi connectivity index (χ1v) is 11.1. The maximum Gasteiger partial charge on any atom is 0.191 e. The molecule has 2 aromatic heterocycles. The molecule has 2 N–H and O–H groups in total. The van der Waals surface area contributed by atoms with Crippen molar-refractivity contribution in [1.82, 2.24) is 15.5 Å². The molecule has 0 spiro atoms. The molecular weight excluding hydrogens is 499 g/mol. The minimum atomic E-state index is 0. The van der Waals surface area contributed by atoms with E-state index in [1.165, 1.54) is 4.88 Å². The van der Waals surface area contributed by atoms with Crippen LogP contribution in [0.4, 0.5) is 0 Å². The van der Waals surface area contributed by atoms with E-state index < -0.39 is 0 Å². The molecule has 6 nitrogen and oxygen atoms in total. The first-order chi connectivity index (χ1) is 13.8. The molecule has 8 heteroatoms. The topological polar surface area (TPSA) is 62.0 Å². The lowest BCUT2D eigenvalue weighted by Crippen LogP contribution is -2.44. The van der Waals surface area contributed by atoms with E-state index in [9.17, 15) is 0 Å². The molecule has 0 saturated carbocycles. The third-order valence-corrected chi connectivity index (χ3v) is 5.99. The summed E-state index contributed by atoms with van der Waals surface area (Å²) in [6.07, 6.45) is 3.61. The third-order valence-electron chi connectivity index (χ3n) is 5.02. The monoisotopic (exact) mass is 532 g/mol. The number of morpholine rings is 1. The Morgan fingerprint density at radius 2 is 2.10 bits per heavy atom. The Labute approximate surface area is 195 Å². The number of hydrogen-bond acceptors (Lipinski definition) is 5. The number of ether oxygens (including phenoxy) is 1. The minimum Gasteiger partial charge on any atom is -0.469 e. The van der Waals surface area contributed by atoms with Crippen LogP contribution in [-0.2, 0) is 11.2 Å². The number of hydrogen-bond donors (Lipinski definition) is 2. The van der Waals surface area contributed by atoms with Crippen molar-refractivity contribution in [3.63, 3.8) is 0 Å². The summed E-state index contributed by atoms with van der Waals surface area (Å²) < 4.78 is 11.0. The van der Waals surface area contributed by atoms with Gasteiger partial charge in [-0.15, -0.1) is 35.3 Å². The average Bonchev–Trinajstić information content (AvgIpc) is 3.43. The molecule has 0 aromatic carbocycles. The summed E-state index contributed by atoms with van der Waals surface area (Å²) in [7, 11) is 0. The zero-order valence-corrected chi connectivity index (χ0v) is 20.4. The van der Waals surface area contributed by atoms with Crippen LogP contribution in [0.5, 0.6) is 0 Å². The number of guanidine groups is 1. The molecular formula is C21H33IN4O2S. The molecule has 0 aliphatic carbocycles. The van der Waals surface area contributed by atoms with E-state index in [4.69, 9.17) is 14.1 Å². The Kier molecular flexibility index (Phi) is 11.0. The number of thiophene rings is 1. The number of halogens is 1. The van der Waals surface area contributed by atoms with Gasteiger partial charge in [0.05, 0.1) is 32.1 Å². The van der Waals surface area contributed by atoms with Gasteiger partial charge in [-0.1, -0.05) is 13.0 Å². The highest BCUT2D eigenvalue weighted by atomic mass is 127. The molecule has 3 heterocycles. The third kappa shape index (κ3) is 7.92. The van der Waals surface area contributed by atoms with Crippen LogP contribution in [0.2, 0.25) is 0 Å². The Hall–Kier alpha value is -1.10. The van der Waals surface area contributed by atoms with Gasteiger partial charge < -0.3 is 19.8 Å². The summed E-state index contributed by atoms with van der Waals surface area (Å²) in [6, 6.07) is 8.94. The lowest BCUT2D eigenvalue weighted by atomic mass is 10.2. The largest absolute Gasteiger partial charge is 0.469 e. The number of rotatable bonds is 9. The van der Waals surface area contributed by atoms with Gasteiger partial charge in [-0.2, -0.15) is 0 Å². The molecule has 2 atom stereocenters. The molecule has 1 aliphatic heterocycles. The predicted octanol–water partition coefficient (Wildman–Crippen LogP) is 3.91. The fourth-order valence-electron chi connectivity index (χ4n) is 3.18. The van der Waals surface area contributed by atoms with E-state index in [-0.39, 0.29) is 24.0 Å². The first-order valence-electron chi connectivity index (χ1n) is 10.2. The summed E-state index contributed by atoms with van der Waals surface area (Å²) in [5.74, 6) is 1.86. The maximum atomic E-state index is 5.54. The zero-order valence-electron chi connectivity index (χ0n) is 17.3. The van der Waals surface area contributed by atoms with E-state index >= 15 is 0 Å². The molecule has 3 rings (SSSR count). The molecule has 1 aliphatic rings. The van der Waals surface area contributed by atoms with Gasteiger partial charge in [-0.05, 0) is 36.9 Å². The van der Waals surface area contributed by atoms with Crippen LogP contribution in [0.1, 0.15) is 36.9 Å². The van der Waals surface area contributed by atoms with Gasteiger partial charge >= 0.3 is 0 Å². The van der Waals surface area contributed by atoms with Gasteiger partial charge in [0.25, 0.3) is 0 Å². The van der Waals surface area contributed by atoms with E-state index in [1.807, 2.05) is 12.1 Å². The van der Waals surface area contributed by atoms with Crippen LogP contribution in [0.3, 0.4) is 0 Å². The lowest BCUT2D eigenvalue weighted by Gasteiger charge is -2.33. The smallest absolute Gasteiger partial charge is 0.191 e. The van der Waals surface area contributed by atoms with Crippen molar-refractivity contribution in [2.75, 3.05) is 39.4 Å². The van der Waals surface area contributed by atoms with Crippen molar-refractivity contribution in [1.29, 1.82) is 0 Å². The summed E-state index contributed by atoms with van der Waals surface area (Å²) >= 11 is 1.81. The summed E-state index contributed by atoms with van der Waals surface area (Å²) in [5, 5.41) is 9.13. The maximum absolute atomic E-state index is 5.54. The molecule has 0 bridgehead atoms. The average molecular weight is 532 g/mol. The predicted molar refractivity (Wildman–Crippen MR) is 130 cm³/mol. The van der Waals surface area contributed by atoms with E-state index in [0.29, 0.717) is 12.1 Å². The highest BCUT2D eigenvalue weighted by Crippen LogP contribution is 2.26. The van der Waals surface area contributed by atoms with E-state index in [1.54, 1.807) is 17.6 Å². The Balaban J connectivity index is 0.00000300. The van der Waals surface area contributed by atoms with Gasteiger partial charge in [0.15, 0.2) is 5.96 Å². The van der Waals surface area contributed by atoms with Crippen LogP contribution in [0.25, 0.3) is 0 Å². The molecule has 1 saturated heterocycles. The number of aliphatic imine (C=N–C) groups is 1. The van der Waals surface area contributed by atoms with Gasteiger partial charge in [-0.25, -0.2) is 0 Å². The Morgan fingerprint density at radius 1 is 1.28 bits per heavy atom. The first kappa shape index (κ1) is 24.2. The highest BCUT2D eigenvalue weighted by molar-refractivity contribution is 14.0. The molecule has 162 valence electrons. The fourth-order valence-corrected chi connectivity index (χ4v) is 4.03.